The van der Waals surface area contributed by atoms with E-state index >= 15 is 0 Å². The molecule has 0 fully saturated rings. The topological polar surface area (TPSA) is 93.2 Å². The first kappa shape index (κ1) is 15.5. The average Bonchev–Trinajstić information content (AvgIpc) is 2.53. The number of ether oxygens (including phenoxy) is 1. The third-order valence-corrected chi connectivity index (χ3v) is 3.16. The Bertz CT molecular complexity index is 766. The Morgan fingerprint density at radius 1 is 1.27 bits per heavy atom. The van der Waals surface area contributed by atoms with Gasteiger partial charge in [0.25, 0.3) is 5.69 Å². The second kappa shape index (κ2) is 6.70. The van der Waals surface area contributed by atoms with Crippen LogP contribution in [0.4, 0.5) is 5.69 Å². The van der Waals surface area contributed by atoms with Crippen LogP contribution in [0.5, 0.6) is 0 Å². The van der Waals surface area contributed by atoms with E-state index in [2.05, 4.69) is 0 Å². The van der Waals surface area contributed by atoms with Crippen LogP contribution in [0.2, 0.25) is 5.02 Å². The third-order valence-electron chi connectivity index (χ3n) is 2.83. The predicted octanol–water partition coefficient (Wildman–Crippen LogP) is 3.48. The maximum Gasteiger partial charge on any atom is 0.340 e. The first-order valence-electron chi connectivity index (χ1n) is 6.11. The summed E-state index contributed by atoms with van der Waals surface area (Å²) >= 11 is 5.86. The third kappa shape index (κ3) is 3.59. The first-order chi connectivity index (χ1) is 10.5. The minimum Gasteiger partial charge on any atom is -0.457 e. The highest BCUT2D eigenvalue weighted by Gasteiger charge is 2.17. The average molecular weight is 317 g/mol. The summed E-state index contributed by atoms with van der Waals surface area (Å²) in [6.07, 6.45) is 0. The fraction of sp³-hybridized carbons (Fsp3) is 0.0667. The van der Waals surface area contributed by atoms with Gasteiger partial charge in [0.1, 0.15) is 6.61 Å². The predicted molar refractivity (Wildman–Crippen MR) is 78.4 cm³/mol. The fourth-order valence-corrected chi connectivity index (χ4v) is 1.88. The molecular weight excluding hydrogens is 308 g/mol. The number of halogens is 1. The van der Waals surface area contributed by atoms with Crippen molar-refractivity contribution >= 4 is 23.3 Å². The molecule has 2 aromatic carbocycles. The molecule has 0 radical (unpaired) electrons. The van der Waals surface area contributed by atoms with E-state index < -0.39 is 10.9 Å². The summed E-state index contributed by atoms with van der Waals surface area (Å²) in [7, 11) is 0. The zero-order valence-corrected chi connectivity index (χ0v) is 11.9. The Labute approximate surface area is 130 Å². The van der Waals surface area contributed by atoms with Crippen LogP contribution in [0, 0.1) is 21.4 Å². The molecule has 0 aliphatic heterocycles. The molecule has 0 saturated carbocycles. The number of nitriles is 1. The van der Waals surface area contributed by atoms with Crippen LogP contribution >= 0.6 is 11.6 Å². The lowest BCUT2D eigenvalue weighted by Crippen LogP contribution is -2.06. The van der Waals surface area contributed by atoms with Gasteiger partial charge in [0.05, 0.1) is 27.1 Å². The Morgan fingerprint density at radius 2 is 1.95 bits per heavy atom. The van der Waals surface area contributed by atoms with Gasteiger partial charge < -0.3 is 4.74 Å². The highest BCUT2D eigenvalue weighted by atomic mass is 35.5. The summed E-state index contributed by atoms with van der Waals surface area (Å²) in [5.74, 6) is -0.752. The quantitative estimate of drug-likeness (QED) is 0.489. The Hall–Kier alpha value is -2.91. The molecule has 0 atom stereocenters. The molecule has 7 heteroatoms. The number of nitrogens with zero attached hydrogens (tertiary/aromatic N) is 2. The number of non-ortho nitro benzene ring substituents is 1. The summed E-state index contributed by atoms with van der Waals surface area (Å²) in [5, 5.41) is 19.5. The molecule has 0 amide bonds. The summed E-state index contributed by atoms with van der Waals surface area (Å²) < 4.78 is 5.07. The molecule has 0 spiro atoms. The van der Waals surface area contributed by atoms with Crippen LogP contribution in [0.15, 0.2) is 42.5 Å². The number of hydrogen-bond donors (Lipinski definition) is 0. The molecule has 0 aliphatic rings. The fourth-order valence-electron chi connectivity index (χ4n) is 1.69. The maximum atomic E-state index is 12.0. The molecule has 2 aromatic rings. The summed E-state index contributed by atoms with van der Waals surface area (Å²) in [6.45, 7) is -0.0242. The van der Waals surface area contributed by atoms with Crippen LogP contribution in [0.3, 0.4) is 0 Å². The smallest absolute Gasteiger partial charge is 0.340 e. The lowest BCUT2D eigenvalue weighted by atomic mass is 10.1. The summed E-state index contributed by atoms with van der Waals surface area (Å²) in [5.41, 5.74) is 0.880. The monoisotopic (exact) mass is 316 g/mol. The zero-order valence-electron chi connectivity index (χ0n) is 11.2. The van der Waals surface area contributed by atoms with Crippen LogP contribution in [-0.2, 0) is 11.3 Å². The van der Waals surface area contributed by atoms with Crippen LogP contribution in [0.25, 0.3) is 0 Å². The molecule has 0 N–H and O–H groups in total. The number of nitro benzene ring substituents is 1. The van der Waals surface area contributed by atoms with Gasteiger partial charge in [-0.15, -0.1) is 0 Å². The molecule has 22 heavy (non-hydrogen) atoms. The van der Waals surface area contributed by atoms with Crippen LogP contribution in [-0.4, -0.2) is 10.9 Å². The molecule has 0 bridgehead atoms. The van der Waals surface area contributed by atoms with Crippen molar-refractivity contribution in [3.8, 4) is 6.07 Å². The van der Waals surface area contributed by atoms with Gasteiger partial charge in [0, 0.05) is 12.1 Å². The van der Waals surface area contributed by atoms with E-state index in [4.69, 9.17) is 21.6 Å². The van der Waals surface area contributed by atoms with Crippen molar-refractivity contribution in [2.75, 3.05) is 0 Å². The second-order valence-corrected chi connectivity index (χ2v) is 4.71. The number of hydrogen-bond acceptors (Lipinski definition) is 5. The molecule has 2 rings (SSSR count). The van der Waals surface area contributed by atoms with Crippen molar-refractivity contribution in [2.45, 2.75) is 6.61 Å². The normalized spacial score (nSPS) is 9.82. The van der Waals surface area contributed by atoms with Gasteiger partial charge in [-0.25, -0.2) is 4.79 Å². The molecular formula is C15H9ClN2O4. The van der Waals surface area contributed by atoms with Crippen molar-refractivity contribution in [1.29, 1.82) is 5.26 Å². The van der Waals surface area contributed by atoms with E-state index in [1.807, 2.05) is 6.07 Å². The number of carbonyl (C=O) groups excluding carboxylic acids is 1. The highest BCUT2D eigenvalue weighted by molar-refractivity contribution is 6.33. The summed E-state index contributed by atoms with van der Waals surface area (Å²) in [6, 6.07) is 12.0. The highest BCUT2D eigenvalue weighted by Crippen LogP contribution is 2.23. The van der Waals surface area contributed by atoms with Crippen molar-refractivity contribution in [2.24, 2.45) is 0 Å². The number of carbonyl (C=O) groups is 1. The Morgan fingerprint density at radius 3 is 2.55 bits per heavy atom. The molecule has 0 aromatic heterocycles. The van der Waals surface area contributed by atoms with E-state index in [-0.39, 0.29) is 22.9 Å². The van der Waals surface area contributed by atoms with Crippen LogP contribution in [0.1, 0.15) is 21.5 Å². The van der Waals surface area contributed by atoms with Crippen molar-refractivity contribution in [1.82, 2.24) is 0 Å². The number of nitro groups is 1. The molecule has 0 aliphatic carbocycles. The maximum absolute atomic E-state index is 12.0. The van der Waals surface area contributed by atoms with E-state index in [0.29, 0.717) is 11.1 Å². The molecule has 110 valence electrons. The minimum absolute atomic E-state index is 0.0242. The summed E-state index contributed by atoms with van der Waals surface area (Å²) in [4.78, 5) is 22.0. The number of rotatable bonds is 4. The van der Waals surface area contributed by atoms with Gasteiger partial charge in [-0.1, -0.05) is 23.7 Å². The zero-order chi connectivity index (χ0) is 16.1. The first-order valence-corrected chi connectivity index (χ1v) is 6.49. The van der Waals surface area contributed by atoms with Gasteiger partial charge in [0.15, 0.2) is 0 Å². The molecule has 0 unspecified atom stereocenters. The Balaban J connectivity index is 2.10. The number of esters is 1. The van der Waals surface area contributed by atoms with Gasteiger partial charge in [0.2, 0.25) is 0 Å². The van der Waals surface area contributed by atoms with Crippen LogP contribution < -0.4 is 0 Å². The van der Waals surface area contributed by atoms with E-state index in [0.717, 1.165) is 6.07 Å². The van der Waals surface area contributed by atoms with Gasteiger partial charge in [-0.2, -0.15) is 5.26 Å². The van der Waals surface area contributed by atoms with Gasteiger partial charge >= 0.3 is 5.97 Å². The largest absolute Gasteiger partial charge is 0.457 e. The van der Waals surface area contributed by atoms with Crippen molar-refractivity contribution in [3.63, 3.8) is 0 Å². The van der Waals surface area contributed by atoms with E-state index in [9.17, 15) is 14.9 Å². The molecule has 0 saturated heterocycles. The standard InChI is InChI=1S/C15H9ClN2O4/c16-14-6-5-12(18(20)21)7-13(14)15(19)22-9-11-3-1-10(8-17)2-4-11/h1-7H,9H2. The Kier molecular flexibility index (Phi) is 4.71. The lowest BCUT2D eigenvalue weighted by molar-refractivity contribution is -0.384. The van der Waals surface area contributed by atoms with Gasteiger partial charge in [-0.3, -0.25) is 10.1 Å². The molecule has 6 nitrogen and oxygen atoms in total. The van der Waals surface area contributed by atoms with Crippen molar-refractivity contribution in [3.05, 3.63) is 74.3 Å². The minimum atomic E-state index is -0.752. The SMILES string of the molecule is N#Cc1ccc(COC(=O)c2cc([N+](=O)[O-])ccc2Cl)cc1. The van der Waals surface area contributed by atoms with E-state index in [1.165, 1.54) is 12.1 Å². The lowest BCUT2D eigenvalue weighted by Gasteiger charge is -2.06. The van der Waals surface area contributed by atoms with Gasteiger partial charge in [-0.05, 0) is 23.8 Å². The van der Waals surface area contributed by atoms with E-state index in [1.54, 1.807) is 24.3 Å². The van der Waals surface area contributed by atoms with Crippen molar-refractivity contribution < 1.29 is 14.5 Å². The molecule has 0 heterocycles. The second-order valence-electron chi connectivity index (χ2n) is 4.31. The number of benzene rings is 2.